The summed E-state index contributed by atoms with van der Waals surface area (Å²) in [5, 5.41) is 10.0. The first kappa shape index (κ1) is 14.9. The van der Waals surface area contributed by atoms with Crippen molar-refractivity contribution < 1.29 is 4.39 Å². The molecular formula is C13H7Cl3FN3S. The maximum atomic E-state index is 13.0. The Bertz CT molecular complexity index is 822. The summed E-state index contributed by atoms with van der Waals surface area (Å²) in [7, 11) is 0. The molecule has 0 amide bonds. The van der Waals surface area contributed by atoms with Gasteiger partial charge < -0.3 is 0 Å². The molecule has 3 nitrogen and oxygen atoms in total. The van der Waals surface area contributed by atoms with Crippen molar-refractivity contribution in [3.8, 4) is 0 Å². The molecule has 3 rings (SSSR count). The van der Waals surface area contributed by atoms with Gasteiger partial charge >= 0.3 is 0 Å². The molecule has 0 atom stereocenters. The van der Waals surface area contributed by atoms with E-state index in [-0.39, 0.29) is 5.82 Å². The summed E-state index contributed by atoms with van der Waals surface area (Å²) in [4.78, 5) is 0. The average molecular weight is 363 g/mol. The Morgan fingerprint density at radius 3 is 2.67 bits per heavy atom. The van der Waals surface area contributed by atoms with Gasteiger partial charge in [0, 0.05) is 17.0 Å². The Hall–Kier alpha value is -1.01. The number of hydrogen-bond acceptors (Lipinski definition) is 3. The Morgan fingerprint density at radius 2 is 1.90 bits per heavy atom. The van der Waals surface area contributed by atoms with Crippen LogP contribution in [0.4, 0.5) is 4.39 Å². The first-order chi connectivity index (χ1) is 10.0. The van der Waals surface area contributed by atoms with Crippen molar-refractivity contribution in [3.63, 3.8) is 0 Å². The van der Waals surface area contributed by atoms with Gasteiger partial charge in [0.05, 0.1) is 10.0 Å². The minimum absolute atomic E-state index is 0.361. The highest BCUT2D eigenvalue weighted by molar-refractivity contribution is 7.98. The van der Waals surface area contributed by atoms with Crippen LogP contribution in [0.2, 0.25) is 15.1 Å². The third-order valence-electron chi connectivity index (χ3n) is 2.77. The molecule has 0 fully saturated rings. The molecule has 0 N–H and O–H groups in total. The Morgan fingerprint density at radius 1 is 1.10 bits per heavy atom. The van der Waals surface area contributed by atoms with Crippen LogP contribution >= 0.6 is 46.6 Å². The molecule has 0 aliphatic carbocycles. The summed E-state index contributed by atoms with van der Waals surface area (Å²) in [6.45, 7) is 0. The van der Waals surface area contributed by atoms with E-state index >= 15 is 0 Å². The zero-order chi connectivity index (χ0) is 15.0. The SMILES string of the molecule is Fc1ccc(CSc2nnc3c(Cl)cc(Cl)cn23)c(Cl)c1. The molecule has 0 aliphatic heterocycles. The quantitative estimate of drug-likeness (QED) is 0.606. The lowest BCUT2D eigenvalue weighted by molar-refractivity contribution is 0.627. The van der Waals surface area contributed by atoms with E-state index in [0.717, 1.165) is 5.56 Å². The normalized spacial score (nSPS) is 11.2. The highest BCUT2D eigenvalue weighted by atomic mass is 35.5. The predicted molar refractivity (Wildman–Crippen MR) is 84.0 cm³/mol. The van der Waals surface area contributed by atoms with Crippen molar-refractivity contribution in [2.45, 2.75) is 10.9 Å². The molecule has 0 saturated heterocycles. The standard InChI is InChI=1S/C13H7Cl3FN3S/c14-8-3-11(16)12-18-19-13(20(12)5-8)21-6-7-1-2-9(17)4-10(7)15/h1-5H,6H2. The molecule has 0 saturated carbocycles. The van der Waals surface area contributed by atoms with E-state index in [1.54, 1.807) is 22.7 Å². The summed E-state index contributed by atoms with van der Waals surface area (Å²) in [5.41, 5.74) is 1.35. The van der Waals surface area contributed by atoms with Gasteiger partial charge in [0.15, 0.2) is 10.8 Å². The molecule has 0 aliphatic rings. The van der Waals surface area contributed by atoms with E-state index in [1.807, 2.05) is 0 Å². The largest absolute Gasteiger partial charge is 0.275 e. The van der Waals surface area contributed by atoms with Crippen LogP contribution in [0.25, 0.3) is 5.65 Å². The molecule has 0 bridgehead atoms. The first-order valence-electron chi connectivity index (χ1n) is 5.81. The number of halogens is 4. The second-order valence-corrected chi connectivity index (χ2v) is 6.40. The maximum absolute atomic E-state index is 13.0. The van der Waals surface area contributed by atoms with Crippen LogP contribution in [0.5, 0.6) is 0 Å². The summed E-state index contributed by atoms with van der Waals surface area (Å²) < 4.78 is 14.7. The lowest BCUT2D eigenvalue weighted by Gasteiger charge is -2.04. The predicted octanol–water partition coefficient (Wildman–Crippen LogP) is 5.12. The van der Waals surface area contributed by atoms with Gasteiger partial charge in [-0.15, -0.1) is 10.2 Å². The Balaban J connectivity index is 1.88. The molecule has 0 spiro atoms. The van der Waals surface area contributed by atoms with Gasteiger partial charge in [-0.1, -0.05) is 52.6 Å². The third-order valence-corrected chi connectivity index (χ3v) is 4.60. The molecule has 2 heterocycles. The first-order valence-corrected chi connectivity index (χ1v) is 7.93. The molecule has 1 aromatic carbocycles. The lowest BCUT2D eigenvalue weighted by atomic mass is 10.2. The highest BCUT2D eigenvalue weighted by Gasteiger charge is 2.11. The molecule has 8 heteroatoms. The van der Waals surface area contributed by atoms with Gasteiger partial charge in [0.1, 0.15) is 5.82 Å². The molecular weight excluding hydrogens is 356 g/mol. The van der Waals surface area contributed by atoms with Crippen LogP contribution in [-0.2, 0) is 5.75 Å². The van der Waals surface area contributed by atoms with Crippen molar-refractivity contribution in [1.29, 1.82) is 0 Å². The molecule has 3 aromatic rings. The van der Waals surface area contributed by atoms with E-state index in [2.05, 4.69) is 10.2 Å². The number of pyridine rings is 1. The summed E-state index contributed by atoms with van der Waals surface area (Å²) >= 11 is 19.4. The summed E-state index contributed by atoms with van der Waals surface area (Å²) in [6.07, 6.45) is 1.69. The Labute approximate surface area is 139 Å². The molecule has 2 aromatic heterocycles. The maximum Gasteiger partial charge on any atom is 0.196 e. The van der Waals surface area contributed by atoms with Crippen LogP contribution in [-0.4, -0.2) is 14.6 Å². The van der Waals surface area contributed by atoms with Crippen molar-refractivity contribution in [3.05, 3.63) is 56.9 Å². The molecule has 21 heavy (non-hydrogen) atoms. The van der Waals surface area contributed by atoms with Crippen molar-refractivity contribution in [1.82, 2.24) is 14.6 Å². The van der Waals surface area contributed by atoms with Gasteiger partial charge in [-0.2, -0.15) is 0 Å². The van der Waals surface area contributed by atoms with Gasteiger partial charge in [-0.25, -0.2) is 4.39 Å². The lowest BCUT2D eigenvalue weighted by Crippen LogP contribution is -1.90. The minimum atomic E-state index is -0.361. The van der Waals surface area contributed by atoms with Gasteiger partial charge in [-0.05, 0) is 23.8 Å². The fraction of sp³-hybridized carbons (Fsp3) is 0.0769. The van der Waals surface area contributed by atoms with Crippen LogP contribution in [0.3, 0.4) is 0 Å². The van der Waals surface area contributed by atoms with E-state index in [0.29, 0.717) is 31.6 Å². The van der Waals surface area contributed by atoms with Crippen LogP contribution in [0.1, 0.15) is 5.56 Å². The third kappa shape index (κ3) is 3.11. The smallest absolute Gasteiger partial charge is 0.196 e. The van der Waals surface area contributed by atoms with E-state index < -0.39 is 0 Å². The summed E-state index contributed by atoms with van der Waals surface area (Å²) in [6, 6.07) is 5.91. The second kappa shape index (κ2) is 6.01. The molecule has 0 radical (unpaired) electrons. The van der Waals surface area contributed by atoms with Gasteiger partial charge in [0.25, 0.3) is 0 Å². The van der Waals surface area contributed by atoms with Crippen molar-refractivity contribution in [2.75, 3.05) is 0 Å². The number of thioether (sulfide) groups is 1. The average Bonchev–Trinajstić information content (AvgIpc) is 2.81. The fourth-order valence-corrected chi connectivity index (χ4v) is 3.52. The van der Waals surface area contributed by atoms with Crippen LogP contribution < -0.4 is 0 Å². The van der Waals surface area contributed by atoms with Crippen molar-refractivity contribution in [2.24, 2.45) is 0 Å². The van der Waals surface area contributed by atoms with Crippen LogP contribution in [0, 0.1) is 5.82 Å². The minimum Gasteiger partial charge on any atom is -0.275 e. The zero-order valence-corrected chi connectivity index (χ0v) is 13.4. The van der Waals surface area contributed by atoms with E-state index in [1.165, 1.54) is 23.9 Å². The number of aromatic nitrogens is 3. The molecule has 0 unspecified atom stereocenters. The number of nitrogens with zero attached hydrogens (tertiary/aromatic N) is 3. The van der Waals surface area contributed by atoms with Crippen LogP contribution in [0.15, 0.2) is 35.6 Å². The van der Waals surface area contributed by atoms with E-state index in [9.17, 15) is 4.39 Å². The van der Waals surface area contributed by atoms with E-state index in [4.69, 9.17) is 34.8 Å². The van der Waals surface area contributed by atoms with Gasteiger partial charge in [0.2, 0.25) is 0 Å². The van der Waals surface area contributed by atoms with Gasteiger partial charge in [-0.3, -0.25) is 4.40 Å². The fourth-order valence-electron chi connectivity index (χ4n) is 1.78. The monoisotopic (exact) mass is 361 g/mol. The molecule has 108 valence electrons. The summed E-state index contributed by atoms with van der Waals surface area (Å²) in [5.74, 6) is 0.171. The zero-order valence-electron chi connectivity index (χ0n) is 10.4. The topological polar surface area (TPSA) is 30.2 Å². The highest BCUT2D eigenvalue weighted by Crippen LogP contribution is 2.29. The number of rotatable bonds is 3. The number of benzene rings is 1. The number of hydrogen-bond donors (Lipinski definition) is 0. The second-order valence-electron chi connectivity index (χ2n) is 4.21. The van der Waals surface area contributed by atoms with Crippen molar-refractivity contribution >= 4 is 52.2 Å². The Kier molecular flexibility index (Phi) is 4.26. The number of fused-ring (bicyclic) bond motifs is 1.